The van der Waals surface area contributed by atoms with Gasteiger partial charge < -0.3 is 9.84 Å². The summed E-state index contributed by atoms with van der Waals surface area (Å²) in [7, 11) is 0. The summed E-state index contributed by atoms with van der Waals surface area (Å²) in [5.41, 5.74) is 0.467. The van der Waals surface area contributed by atoms with Gasteiger partial charge in [0.1, 0.15) is 11.9 Å². The molecule has 0 aliphatic carbocycles. The van der Waals surface area contributed by atoms with Crippen LogP contribution in [0.4, 0.5) is 0 Å². The summed E-state index contributed by atoms with van der Waals surface area (Å²) in [5.74, 6) is 0.302. The lowest BCUT2D eigenvalue weighted by molar-refractivity contribution is 0.0292. The van der Waals surface area contributed by atoms with Crippen LogP contribution in [0.3, 0.4) is 0 Å². The Balaban J connectivity index is 2.25. The van der Waals surface area contributed by atoms with Crippen LogP contribution in [0.5, 0.6) is 5.75 Å². The molecule has 2 unspecified atom stereocenters. The van der Waals surface area contributed by atoms with Crippen molar-refractivity contribution < 1.29 is 14.6 Å². The highest BCUT2D eigenvalue weighted by Crippen LogP contribution is 2.31. The van der Waals surface area contributed by atoms with Gasteiger partial charge in [0.2, 0.25) is 0 Å². The van der Waals surface area contributed by atoms with Gasteiger partial charge in [-0.2, -0.15) is 0 Å². The fraction of sp³-hybridized carbons (Fsp3) is 0.214. The number of fused-ring (bicyclic) bond motifs is 2. The zero-order valence-corrected chi connectivity index (χ0v) is 9.38. The molecule has 1 aliphatic rings. The van der Waals surface area contributed by atoms with E-state index in [1.807, 2.05) is 30.3 Å². The number of ketones is 1. The largest absolute Gasteiger partial charge is 0.487 e. The number of benzene rings is 2. The molecule has 0 fully saturated rings. The number of ether oxygens (including phenoxy) is 1. The van der Waals surface area contributed by atoms with Gasteiger partial charge in [0, 0.05) is 0 Å². The van der Waals surface area contributed by atoms with Crippen LogP contribution in [-0.4, -0.2) is 23.1 Å². The lowest BCUT2D eigenvalue weighted by Gasteiger charge is -2.27. The maximum atomic E-state index is 11.9. The molecule has 1 N–H and O–H groups in total. The molecule has 2 aromatic carbocycles. The van der Waals surface area contributed by atoms with Crippen molar-refractivity contribution in [2.75, 3.05) is 0 Å². The van der Waals surface area contributed by atoms with Gasteiger partial charge in [-0.25, -0.2) is 0 Å². The molecule has 3 rings (SSSR count). The zero-order valence-electron chi connectivity index (χ0n) is 9.38. The van der Waals surface area contributed by atoms with E-state index in [-0.39, 0.29) is 5.78 Å². The van der Waals surface area contributed by atoms with Gasteiger partial charge in [0.05, 0.1) is 5.56 Å². The molecule has 3 nitrogen and oxygen atoms in total. The number of aliphatic hydroxyl groups excluding tert-OH is 1. The number of hydrogen-bond acceptors (Lipinski definition) is 3. The minimum absolute atomic E-state index is 0.260. The Morgan fingerprint density at radius 3 is 2.53 bits per heavy atom. The summed E-state index contributed by atoms with van der Waals surface area (Å²) in [6, 6.07) is 11.4. The average Bonchev–Trinajstić information content (AvgIpc) is 2.34. The highest BCUT2D eigenvalue weighted by molar-refractivity contribution is 6.06. The zero-order chi connectivity index (χ0) is 12.0. The van der Waals surface area contributed by atoms with Gasteiger partial charge in [-0.05, 0) is 29.8 Å². The molecule has 0 bridgehead atoms. The molecule has 17 heavy (non-hydrogen) atoms. The second-order valence-electron chi connectivity index (χ2n) is 4.33. The van der Waals surface area contributed by atoms with Crippen molar-refractivity contribution in [2.45, 2.75) is 19.1 Å². The first-order valence-electron chi connectivity index (χ1n) is 5.58. The van der Waals surface area contributed by atoms with Gasteiger partial charge in [0.15, 0.2) is 11.9 Å². The highest BCUT2D eigenvalue weighted by Gasteiger charge is 2.33. The molecule has 0 saturated carbocycles. The number of carbonyl (C=O) groups is 1. The van der Waals surface area contributed by atoms with Crippen molar-refractivity contribution in [1.82, 2.24) is 0 Å². The molecular weight excluding hydrogens is 216 g/mol. The van der Waals surface area contributed by atoms with E-state index in [0.717, 1.165) is 10.8 Å². The third kappa shape index (κ3) is 1.51. The summed E-state index contributed by atoms with van der Waals surface area (Å²) in [4.78, 5) is 11.9. The molecule has 3 heteroatoms. The quantitative estimate of drug-likeness (QED) is 0.751. The first-order chi connectivity index (χ1) is 8.16. The molecule has 2 aromatic rings. The Morgan fingerprint density at radius 1 is 1.18 bits per heavy atom. The van der Waals surface area contributed by atoms with E-state index in [1.54, 1.807) is 13.0 Å². The second kappa shape index (κ2) is 3.57. The number of carbonyl (C=O) groups excluding carboxylic acids is 1. The van der Waals surface area contributed by atoms with Gasteiger partial charge in [-0.3, -0.25) is 4.79 Å². The van der Waals surface area contributed by atoms with Crippen molar-refractivity contribution in [3.63, 3.8) is 0 Å². The normalized spacial score (nSPS) is 23.3. The van der Waals surface area contributed by atoms with Gasteiger partial charge >= 0.3 is 0 Å². The van der Waals surface area contributed by atoms with E-state index in [2.05, 4.69) is 0 Å². The summed E-state index contributed by atoms with van der Waals surface area (Å²) in [5, 5.41) is 11.7. The number of aliphatic hydroxyl groups is 1. The predicted octanol–water partition coefficient (Wildman–Crippen LogP) is 2.16. The van der Waals surface area contributed by atoms with Crippen LogP contribution in [0.15, 0.2) is 36.4 Å². The molecule has 0 amide bonds. The van der Waals surface area contributed by atoms with E-state index in [1.165, 1.54) is 0 Å². The SMILES string of the molecule is CC1Oc2cc3ccccc3cc2C(=O)C1O. The standard InChI is InChI=1S/C14H12O3/c1-8-13(15)14(16)11-6-9-4-2-3-5-10(9)7-12(11)17-8/h2-8,13,15H,1H3. The van der Waals surface area contributed by atoms with Crippen LogP contribution in [-0.2, 0) is 0 Å². The molecule has 0 aromatic heterocycles. The number of Topliss-reactive ketones (excluding diaryl/α,β-unsaturated/α-hetero) is 1. The van der Waals surface area contributed by atoms with Crippen molar-refractivity contribution in [3.05, 3.63) is 42.0 Å². The predicted molar refractivity (Wildman–Crippen MR) is 64.4 cm³/mol. The molecule has 1 aliphatic heterocycles. The fourth-order valence-electron chi connectivity index (χ4n) is 2.15. The molecule has 86 valence electrons. The monoisotopic (exact) mass is 228 g/mol. The minimum Gasteiger partial charge on any atom is -0.487 e. The minimum atomic E-state index is -1.07. The number of rotatable bonds is 0. The molecule has 2 atom stereocenters. The van der Waals surface area contributed by atoms with Gasteiger partial charge in [-0.15, -0.1) is 0 Å². The smallest absolute Gasteiger partial charge is 0.198 e. The van der Waals surface area contributed by atoms with Crippen molar-refractivity contribution >= 4 is 16.6 Å². The van der Waals surface area contributed by atoms with E-state index >= 15 is 0 Å². The highest BCUT2D eigenvalue weighted by atomic mass is 16.5. The van der Waals surface area contributed by atoms with E-state index in [9.17, 15) is 9.90 Å². The molecule has 0 spiro atoms. The molecular formula is C14H12O3. The van der Waals surface area contributed by atoms with Gasteiger partial charge in [0.25, 0.3) is 0 Å². The number of hydrogen-bond donors (Lipinski definition) is 1. The Hall–Kier alpha value is -1.87. The van der Waals surface area contributed by atoms with Crippen molar-refractivity contribution in [3.8, 4) is 5.75 Å². The lowest BCUT2D eigenvalue weighted by atomic mass is 9.96. The Bertz CT molecular complexity index is 603. The van der Waals surface area contributed by atoms with E-state index in [4.69, 9.17) is 4.74 Å². The van der Waals surface area contributed by atoms with Crippen LogP contribution in [0.25, 0.3) is 10.8 Å². The first kappa shape index (κ1) is 10.3. The third-order valence-corrected chi connectivity index (χ3v) is 3.14. The summed E-state index contributed by atoms with van der Waals surface area (Å²) in [6.45, 7) is 1.70. The Morgan fingerprint density at radius 2 is 1.82 bits per heavy atom. The van der Waals surface area contributed by atoms with Crippen molar-refractivity contribution in [2.24, 2.45) is 0 Å². The summed E-state index contributed by atoms with van der Waals surface area (Å²) < 4.78 is 5.55. The first-order valence-corrected chi connectivity index (χ1v) is 5.58. The van der Waals surface area contributed by atoms with Gasteiger partial charge in [-0.1, -0.05) is 24.3 Å². The Kier molecular flexibility index (Phi) is 2.16. The van der Waals surface area contributed by atoms with E-state index < -0.39 is 12.2 Å². The molecule has 0 saturated heterocycles. The topological polar surface area (TPSA) is 46.5 Å². The molecule has 1 heterocycles. The average molecular weight is 228 g/mol. The van der Waals surface area contributed by atoms with Crippen LogP contribution in [0, 0.1) is 0 Å². The van der Waals surface area contributed by atoms with Crippen LogP contribution < -0.4 is 4.74 Å². The molecule has 0 radical (unpaired) electrons. The summed E-state index contributed by atoms with van der Waals surface area (Å²) >= 11 is 0. The maximum absolute atomic E-state index is 11.9. The third-order valence-electron chi connectivity index (χ3n) is 3.14. The van der Waals surface area contributed by atoms with Crippen molar-refractivity contribution in [1.29, 1.82) is 0 Å². The maximum Gasteiger partial charge on any atom is 0.198 e. The Labute approximate surface area is 98.6 Å². The summed E-state index contributed by atoms with van der Waals surface area (Å²) in [6.07, 6.45) is -1.56. The lowest BCUT2D eigenvalue weighted by Crippen LogP contribution is -2.40. The second-order valence-corrected chi connectivity index (χ2v) is 4.33. The van der Waals surface area contributed by atoms with Crippen LogP contribution >= 0.6 is 0 Å². The van der Waals surface area contributed by atoms with Crippen LogP contribution in [0.1, 0.15) is 17.3 Å². The fourth-order valence-corrected chi connectivity index (χ4v) is 2.15. The van der Waals surface area contributed by atoms with Crippen LogP contribution in [0.2, 0.25) is 0 Å². The van der Waals surface area contributed by atoms with E-state index in [0.29, 0.717) is 11.3 Å².